The van der Waals surface area contributed by atoms with Crippen molar-refractivity contribution >= 4 is 23.2 Å². The van der Waals surface area contributed by atoms with Crippen LogP contribution in [0, 0.1) is 0 Å². The van der Waals surface area contributed by atoms with E-state index in [1.54, 1.807) is 20.4 Å². The molecule has 0 bridgehead atoms. The van der Waals surface area contributed by atoms with E-state index in [1.807, 2.05) is 56.3 Å². The van der Waals surface area contributed by atoms with Gasteiger partial charge in [0.1, 0.15) is 0 Å². The highest BCUT2D eigenvalue weighted by atomic mass is 16.5. The summed E-state index contributed by atoms with van der Waals surface area (Å²) in [5.41, 5.74) is 5.53. The molecule has 0 saturated carbocycles. The van der Waals surface area contributed by atoms with Gasteiger partial charge in [-0.05, 0) is 38.1 Å². The van der Waals surface area contributed by atoms with Gasteiger partial charge in [0.05, 0.1) is 43.8 Å². The van der Waals surface area contributed by atoms with E-state index in [1.165, 1.54) is 0 Å². The van der Waals surface area contributed by atoms with Gasteiger partial charge in [-0.2, -0.15) is 5.10 Å². The molecule has 1 heterocycles. The number of ether oxygens (including phenoxy) is 3. The number of hydrogen-bond acceptors (Lipinski definition) is 6. The van der Waals surface area contributed by atoms with Crippen molar-refractivity contribution in [3.63, 3.8) is 0 Å². The van der Waals surface area contributed by atoms with Crippen LogP contribution in [0.3, 0.4) is 0 Å². The third-order valence-electron chi connectivity index (χ3n) is 3.59. The number of anilines is 1. The summed E-state index contributed by atoms with van der Waals surface area (Å²) >= 11 is 0. The number of aromatic nitrogens is 2. The lowest BCUT2D eigenvalue weighted by Gasteiger charge is -2.09. The van der Waals surface area contributed by atoms with Crippen molar-refractivity contribution in [2.45, 2.75) is 13.8 Å². The molecule has 1 aromatic heterocycles. The fraction of sp³-hybridized carbons (Fsp3) is 0.238. The van der Waals surface area contributed by atoms with E-state index in [9.17, 15) is 0 Å². The van der Waals surface area contributed by atoms with E-state index < -0.39 is 0 Å². The van der Waals surface area contributed by atoms with E-state index in [4.69, 9.17) is 14.2 Å². The summed E-state index contributed by atoms with van der Waals surface area (Å²) in [5.74, 6) is 2.67. The summed E-state index contributed by atoms with van der Waals surface area (Å²) in [5, 5.41) is 4.19. The second-order valence-electron chi connectivity index (χ2n) is 5.69. The van der Waals surface area contributed by atoms with Crippen LogP contribution in [0.2, 0.25) is 0 Å². The second-order valence-corrected chi connectivity index (χ2v) is 5.69. The zero-order valence-corrected chi connectivity index (χ0v) is 16.7. The van der Waals surface area contributed by atoms with Crippen molar-refractivity contribution in [1.29, 1.82) is 0 Å². The summed E-state index contributed by atoms with van der Waals surface area (Å²) in [6.45, 7) is 8.03. The first-order valence-corrected chi connectivity index (χ1v) is 8.82. The Balaban J connectivity index is 0.000000409. The molecule has 2 N–H and O–H groups in total. The fourth-order valence-corrected chi connectivity index (χ4v) is 2.43. The number of hydrazone groups is 1. The van der Waals surface area contributed by atoms with Crippen molar-refractivity contribution < 1.29 is 14.2 Å². The van der Waals surface area contributed by atoms with E-state index in [-0.39, 0.29) is 0 Å². The van der Waals surface area contributed by atoms with E-state index in [2.05, 4.69) is 27.1 Å². The number of imidazole rings is 1. The predicted octanol–water partition coefficient (Wildman–Crippen LogP) is 4.58. The average molecular weight is 382 g/mol. The summed E-state index contributed by atoms with van der Waals surface area (Å²) in [6.07, 6.45) is 1.66. The highest BCUT2D eigenvalue weighted by Crippen LogP contribution is 2.29. The molecule has 0 amide bonds. The molecule has 7 heteroatoms. The molecule has 148 valence electrons. The third kappa shape index (κ3) is 5.77. The number of allylic oxidation sites excluding steroid dienone is 1. The molecule has 0 fully saturated rings. The topological polar surface area (TPSA) is 80.8 Å². The van der Waals surface area contributed by atoms with Crippen LogP contribution in [-0.4, -0.2) is 37.0 Å². The van der Waals surface area contributed by atoms with Crippen LogP contribution in [0.5, 0.6) is 11.5 Å². The number of fused-ring (bicyclic) bond motifs is 1. The molecule has 7 nitrogen and oxygen atoms in total. The molecule has 0 unspecified atom stereocenters. The Hall–Kier alpha value is -3.48. The zero-order chi connectivity index (χ0) is 20.4. The van der Waals surface area contributed by atoms with Gasteiger partial charge < -0.3 is 19.2 Å². The number of benzene rings is 2. The zero-order valence-electron chi connectivity index (χ0n) is 16.7. The van der Waals surface area contributed by atoms with Gasteiger partial charge in [-0.1, -0.05) is 24.8 Å². The Morgan fingerprint density at radius 1 is 1.18 bits per heavy atom. The van der Waals surface area contributed by atoms with Gasteiger partial charge in [0.15, 0.2) is 11.5 Å². The lowest BCUT2D eigenvalue weighted by Crippen LogP contribution is -1.97. The number of nitrogens with zero attached hydrogens (tertiary/aromatic N) is 2. The van der Waals surface area contributed by atoms with Gasteiger partial charge in [0.2, 0.25) is 5.95 Å². The standard InChI is InChI=1S/C16H16N4O2.C5H10O/c1-21-14-9-5-6-11(15(14)22-2)10-17-20-16-18-12-7-3-4-8-13(12)19-16;1-4-6-5(2)3/h3-10H,1-2H3,(H2,18,19,20);2,4H2,1,3H3/b17-10+;. The Bertz CT molecular complexity index is 901. The minimum Gasteiger partial charge on any atom is -0.499 e. The molecule has 28 heavy (non-hydrogen) atoms. The number of nitrogens with one attached hydrogen (secondary N) is 2. The van der Waals surface area contributed by atoms with Crippen LogP contribution in [0.25, 0.3) is 11.0 Å². The van der Waals surface area contributed by atoms with E-state index in [0.717, 1.165) is 29.0 Å². The number of H-pyrrole nitrogens is 1. The minimum absolute atomic E-state index is 0.583. The smallest absolute Gasteiger partial charge is 0.222 e. The van der Waals surface area contributed by atoms with Crippen molar-refractivity contribution in [2.24, 2.45) is 5.10 Å². The second kappa shape index (κ2) is 10.6. The quantitative estimate of drug-likeness (QED) is 0.355. The first-order valence-electron chi connectivity index (χ1n) is 8.82. The molecule has 0 spiro atoms. The number of aromatic amines is 1. The fourth-order valence-electron chi connectivity index (χ4n) is 2.43. The van der Waals surface area contributed by atoms with Crippen molar-refractivity contribution in [3.8, 4) is 11.5 Å². The molecule has 3 rings (SSSR count). The Kier molecular flexibility index (Phi) is 7.90. The molecule has 3 aromatic rings. The first-order chi connectivity index (χ1) is 13.6. The van der Waals surface area contributed by atoms with Crippen LogP contribution in [0.15, 0.2) is 59.9 Å². The van der Waals surface area contributed by atoms with Gasteiger partial charge in [-0.25, -0.2) is 10.4 Å². The number of methoxy groups -OCH3 is 2. The molecule has 0 saturated heterocycles. The highest BCUT2D eigenvalue weighted by Gasteiger charge is 2.07. The number of hydrogen-bond donors (Lipinski definition) is 2. The van der Waals surface area contributed by atoms with Crippen molar-refractivity contribution in [1.82, 2.24) is 9.97 Å². The lowest BCUT2D eigenvalue weighted by atomic mass is 10.2. The third-order valence-corrected chi connectivity index (χ3v) is 3.59. The molecule has 0 atom stereocenters. The summed E-state index contributed by atoms with van der Waals surface area (Å²) in [6, 6.07) is 13.4. The monoisotopic (exact) mass is 382 g/mol. The molecule has 0 aliphatic rings. The van der Waals surface area contributed by atoms with Crippen LogP contribution in [0.4, 0.5) is 5.95 Å². The van der Waals surface area contributed by atoms with Gasteiger partial charge in [-0.15, -0.1) is 0 Å². The highest BCUT2D eigenvalue weighted by molar-refractivity contribution is 5.85. The normalized spacial score (nSPS) is 10.3. The largest absolute Gasteiger partial charge is 0.499 e. The van der Waals surface area contributed by atoms with Crippen LogP contribution in [-0.2, 0) is 4.74 Å². The molecule has 0 aliphatic heterocycles. The van der Waals surface area contributed by atoms with Crippen molar-refractivity contribution in [2.75, 3.05) is 26.3 Å². The SMILES string of the molecule is C=C(C)OCC.COc1cccc(/C=N/Nc2nc3ccccc3[nH]2)c1OC. The molecule has 2 aromatic carbocycles. The average Bonchev–Trinajstić information content (AvgIpc) is 3.11. The molecular formula is C21H26N4O3. The van der Waals surface area contributed by atoms with Crippen LogP contribution < -0.4 is 14.9 Å². The van der Waals surface area contributed by atoms with Gasteiger partial charge in [0, 0.05) is 5.56 Å². The van der Waals surface area contributed by atoms with Gasteiger partial charge in [-0.3, -0.25) is 0 Å². The number of para-hydroxylation sites is 3. The summed E-state index contributed by atoms with van der Waals surface area (Å²) in [7, 11) is 3.20. The molecular weight excluding hydrogens is 356 g/mol. The minimum atomic E-state index is 0.583. The van der Waals surface area contributed by atoms with E-state index in [0.29, 0.717) is 17.4 Å². The maximum absolute atomic E-state index is 5.35. The van der Waals surface area contributed by atoms with E-state index >= 15 is 0 Å². The molecule has 0 radical (unpaired) electrons. The Labute approximate surface area is 165 Å². The van der Waals surface area contributed by atoms with Gasteiger partial charge >= 0.3 is 0 Å². The molecule has 0 aliphatic carbocycles. The van der Waals surface area contributed by atoms with Crippen molar-refractivity contribution in [3.05, 3.63) is 60.4 Å². The Morgan fingerprint density at radius 3 is 2.57 bits per heavy atom. The maximum Gasteiger partial charge on any atom is 0.222 e. The summed E-state index contributed by atoms with van der Waals surface area (Å²) < 4.78 is 15.5. The summed E-state index contributed by atoms with van der Waals surface area (Å²) in [4.78, 5) is 7.52. The predicted molar refractivity (Wildman–Crippen MR) is 113 cm³/mol. The lowest BCUT2D eigenvalue weighted by molar-refractivity contribution is 0.233. The number of rotatable bonds is 7. The van der Waals surface area contributed by atoms with Crippen LogP contribution >= 0.6 is 0 Å². The van der Waals surface area contributed by atoms with Gasteiger partial charge in [0.25, 0.3) is 0 Å². The Morgan fingerprint density at radius 2 is 1.96 bits per heavy atom. The van der Waals surface area contributed by atoms with Crippen LogP contribution in [0.1, 0.15) is 19.4 Å². The maximum atomic E-state index is 5.35. The first kappa shape index (κ1) is 20.8.